The van der Waals surface area contributed by atoms with Gasteiger partial charge in [-0.1, -0.05) is 12.1 Å². The summed E-state index contributed by atoms with van der Waals surface area (Å²) in [6, 6.07) is 10.1. The molecule has 0 radical (unpaired) electrons. The Balaban J connectivity index is 2.03. The molecule has 1 aliphatic rings. The third kappa shape index (κ3) is 2.58. The number of hydrogen-bond donors (Lipinski definition) is 1. The predicted molar refractivity (Wildman–Crippen MR) is 79.9 cm³/mol. The molecule has 108 valence electrons. The highest BCUT2D eigenvalue weighted by Crippen LogP contribution is 2.42. The Bertz CT molecular complexity index is 691. The van der Waals surface area contributed by atoms with E-state index in [1.54, 1.807) is 24.3 Å². The number of rotatable bonds is 2. The standard InChI is InChI=1S/C15H12F2N2OS/c16-10-3-6-12(17)13(7-10)19-14(20)8-21-15(19)9-1-4-11(18)5-2-9/h1-7,15H,8,18H2/t15-/m0/s1. The molecule has 2 N–H and O–H groups in total. The molecule has 0 aliphatic carbocycles. The number of halogens is 2. The number of carbonyl (C=O) groups is 1. The SMILES string of the molecule is Nc1ccc([C@@H]2SCC(=O)N2c2cc(F)ccc2F)cc1. The minimum absolute atomic E-state index is 0.0353. The normalized spacial score (nSPS) is 18.3. The van der Waals surface area contributed by atoms with Crippen LogP contribution in [0.4, 0.5) is 20.2 Å². The largest absolute Gasteiger partial charge is 0.399 e. The van der Waals surface area contributed by atoms with E-state index in [9.17, 15) is 13.6 Å². The quantitative estimate of drug-likeness (QED) is 0.866. The van der Waals surface area contributed by atoms with Gasteiger partial charge in [-0.3, -0.25) is 9.69 Å². The van der Waals surface area contributed by atoms with Crippen molar-refractivity contribution < 1.29 is 13.6 Å². The number of amides is 1. The highest BCUT2D eigenvalue weighted by atomic mass is 32.2. The first-order valence-corrected chi connectivity index (χ1v) is 7.35. The van der Waals surface area contributed by atoms with Gasteiger partial charge in [0.05, 0.1) is 11.4 Å². The van der Waals surface area contributed by atoms with Crippen molar-refractivity contribution in [2.45, 2.75) is 5.37 Å². The van der Waals surface area contributed by atoms with E-state index in [4.69, 9.17) is 5.73 Å². The molecular formula is C15H12F2N2OS. The Hall–Kier alpha value is -2.08. The van der Waals surface area contributed by atoms with Gasteiger partial charge in [0, 0.05) is 11.8 Å². The maximum absolute atomic E-state index is 14.0. The Morgan fingerprint density at radius 3 is 2.57 bits per heavy atom. The molecule has 3 nitrogen and oxygen atoms in total. The average Bonchev–Trinajstić information content (AvgIpc) is 2.84. The van der Waals surface area contributed by atoms with Crippen molar-refractivity contribution in [1.29, 1.82) is 0 Å². The average molecular weight is 306 g/mol. The van der Waals surface area contributed by atoms with E-state index in [2.05, 4.69) is 0 Å². The number of carbonyl (C=O) groups excluding carboxylic acids is 1. The summed E-state index contributed by atoms with van der Waals surface area (Å²) < 4.78 is 27.3. The zero-order valence-electron chi connectivity index (χ0n) is 10.9. The molecule has 1 saturated heterocycles. The second-order valence-corrected chi connectivity index (χ2v) is 5.76. The minimum atomic E-state index is -0.618. The molecule has 6 heteroatoms. The van der Waals surface area contributed by atoms with Crippen LogP contribution in [0.5, 0.6) is 0 Å². The zero-order chi connectivity index (χ0) is 15.0. The van der Waals surface area contributed by atoms with Crippen LogP contribution in [0.2, 0.25) is 0 Å². The Morgan fingerprint density at radius 2 is 1.86 bits per heavy atom. The molecule has 2 aromatic carbocycles. The van der Waals surface area contributed by atoms with Gasteiger partial charge in [0.2, 0.25) is 5.91 Å². The molecular weight excluding hydrogens is 294 g/mol. The van der Waals surface area contributed by atoms with Gasteiger partial charge in [0.15, 0.2) is 0 Å². The van der Waals surface area contributed by atoms with Gasteiger partial charge in [0.25, 0.3) is 0 Å². The van der Waals surface area contributed by atoms with Gasteiger partial charge in [-0.2, -0.15) is 0 Å². The first-order chi connectivity index (χ1) is 10.1. The van der Waals surface area contributed by atoms with Crippen molar-refractivity contribution >= 4 is 29.0 Å². The number of benzene rings is 2. The highest BCUT2D eigenvalue weighted by Gasteiger charge is 2.35. The Labute approximate surface area is 124 Å². The van der Waals surface area contributed by atoms with E-state index < -0.39 is 11.6 Å². The molecule has 3 rings (SSSR count). The monoisotopic (exact) mass is 306 g/mol. The molecule has 1 atom stereocenters. The summed E-state index contributed by atoms with van der Waals surface area (Å²) >= 11 is 1.37. The fourth-order valence-electron chi connectivity index (χ4n) is 2.26. The third-order valence-electron chi connectivity index (χ3n) is 3.26. The van der Waals surface area contributed by atoms with Gasteiger partial charge in [-0.15, -0.1) is 11.8 Å². The van der Waals surface area contributed by atoms with E-state index in [1.165, 1.54) is 16.7 Å². The minimum Gasteiger partial charge on any atom is -0.399 e. The summed E-state index contributed by atoms with van der Waals surface area (Å²) in [6.07, 6.45) is 0. The van der Waals surface area contributed by atoms with Gasteiger partial charge in [-0.25, -0.2) is 8.78 Å². The first-order valence-electron chi connectivity index (χ1n) is 6.30. The van der Waals surface area contributed by atoms with Crippen molar-refractivity contribution in [3.63, 3.8) is 0 Å². The lowest BCUT2D eigenvalue weighted by Gasteiger charge is -2.24. The summed E-state index contributed by atoms with van der Waals surface area (Å²) in [5.41, 5.74) is 7.04. The van der Waals surface area contributed by atoms with Gasteiger partial charge >= 0.3 is 0 Å². The molecule has 1 fully saturated rings. The van der Waals surface area contributed by atoms with E-state index >= 15 is 0 Å². The Morgan fingerprint density at radius 1 is 1.14 bits per heavy atom. The molecule has 2 aromatic rings. The second-order valence-electron chi connectivity index (χ2n) is 4.69. The number of hydrogen-bond acceptors (Lipinski definition) is 3. The van der Waals surface area contributed by atoms with Gasteiger partial charge < -0.3 is 5.73 Å². The molecule has 0 aromatic heterocycles. The van der Waals surface area contributed by atoms with E-state index in [0.717, 1.165) is 23.8 Å². The van der Waals surface area contributed by atoms with Crippen LogP contribution in [0.1, 0.15) is 10.9 Å². The molecule has 0 spiro atoms. The van der Waals surface area contributed by atoms with Crippen molar-refractivity contribution in [2.75, 3.05) is 16.4 Å². The topological polar surface area (TPSA) is 46.3 Å². The number of thioether (sulfide) groups is 1. The Kier molecular flexibility index (Phi) is 3.55. The van der Waals surface area contributed by atoms with Crippen LogP contribution in [-0.4, -0.2) is 11.7 Å². The number of nitrogens with zero attached hydrogens (tertiary/aromatic N) is 1. The highest BCUT2D eigenvalue weighted by molar-refractivity contribution is 8.00. The summed E-state index contributed by atoms with van der Waals surface area (Å²) in [5, 5.41) is -0.380. The summed E-state index contributed by atoms with van der Waals surface area (Å²) in [7, 11) is 0. The van der Waals surface area contributed by atoms with Crippen molar-refractivity contribution in [3.8, 4) is 0 Å². The first kappa shape index (κ1) is 13.9. The van der Waals surface area contributed by atoms with Crippen LogP contribution in [-0.2, 0) is 4.79 Å². The summed E-state index contributed by atoms with van der Waals surface area (Å²) in [6.45, 7) is 0. The fraction of sp³-hybridized carbons (Fsp3) is 0.133. The van der Waals surface area contributed by atoms with Gasteiger partial charge in [-0.05, 0) is 29.8 Å². The lowest BCUT2D eigenvalue weighted by Crippen LogP contribution is -2.28. The van der Waals surface area contributed by atoms with E-state index in [0.29, 0.717) is 5.69 Å². The fourth-order valence-corrected chi connectivity index (χ4v) is 3.43. The molecule has 1 heterocycles. The second kappa shape index (κ2) is 5.37. The van der Waals surface area contributed by atoms with Crippen LogP contribution >= 0.6 is 11.8 Å². The molecule has 1 aliphatic heterocycles. The third-order valence-corrected chi connectivity index (χ3v) is 4.47. The van der Waals surface area contributed by atoms with Crippen LogP contribution < -0.4 is 10.6 Å². The smallest absolute Gasteiger partial charge is 0.238 e. The molecule has 1 amide bonds. The summed E-state index contributed by atoms with van der Waals surface area (Å²) in [4.78, 5) is 13.4. The lowest BCUT2D eigenvalue weighted by molar-refractivity contribution is -0.115. The summed E-state index contributed by atoms with van der Waals surface area (Å²) in [5.74, 6) is -1.21. The molecule has 21 heavy (non-hydrogen) atoms. The van der Waals surface area contributed by atoms with E-state index in [1.807, 2.05) is 0 Å². The number of nitrogen functional groups attached to an aromatic ring is 1. The van der Waals surface area contributed by atoms with Crippen LogP contribution in [0, 0.1) is 11.6 Å². The van der Waals surface area contributed by atoms with Gasteiger partial charge in [0.1, 0.15) is 17.0 Å². The molecule has 0 bridgehead atoms. The van der Waals surface area contributed by atoms with Crippen LogP contribution in [0.3, 0.4) is 0 Å². The predicted octanol–water partition coefficient (Wildman–Crippen LogP) is 3.33. The molecule has 0 saturated carbocycles. The zero-order valence-corrected chi connectivity index (χ0v) is 11.7. The van der Waals surface area contributed by atoms with Crippen LogP contribution in [0.15, 0.2) is 42.5 Å². The number of nitrogens with two attached hydrogens (primary N) is 1. The van der Waals surface area contributed by atoms with Crippen molar-refractivity contribution in [2.24, 2.45) is 0 Å². The van der Waals surface area contributed by atoms with Crippen molar-refractivity contribution in [1.82, 2.24) is 0 Å². The lowest BCUT2D eigenvalue weighted by atomic mass is 10.1. The van der Waals surface area contributed by atoms with Crippen molar-refractivity contribution in [3.05, 3.63) is 59.7 Å². The van der Waals surface area contributed by atoms with Crippen LogP contribution in [0.25, 0.3) is 0 Å². The molecule has 0 unspecified atom stereocenters. The van der Waals surface area contributed by atoms with E-state index in [-0.39, 0.29) is 22.7 Å². The maximum atomic E-state index is 14.0. The number of anilines is 2. The maximum Gasteiger partial charge on any atom is 0.238 e.